The first-order chi connectivity index (χ1) is 25.5. The molecule has 3 heteroatoms. The van der Waals surface area contributed by atoms with Gasteiger partial charge in [-0.3, -0.25) is 0 Å². The Kier molecular flexibility index (Phi) is 6.83. The van der Waals surface area contributed by atoms with Crippen molar-refractivity contribution in [2.45, 2.75) is 52.4 Å². The fraction of sp³-hybridized carbons (Fsp3) is 0.160. The summed E-state index contributed by atoms with van der Waals surface area (Å²) in [4.78, 5) is 0. The highest BCUT2D eigenvalue weighted by atomic mass is 16.5. The van der Waals surface area contributed by atoms with Crippen LogP contribution in [0.3, 0.4) is 0 Å². The highest BCUT2D eigenvalue weighted by molar-refractivity contribution is 6.99. The van der Waals surface area contributed by atoms with Gasteiger partial charge in [-0.2, -0.15) is 0 Å². The molecule has 256 valence electrons. The van der Waals surface area contributed by atoms with Crippen LogP contribution in [0.1, 0.15) is 52.7 Å². The van der Waals surface area contributed by atoms with E-state index in [0.717, 1.165) is 17.1 Å². The second-order valence-electron chi connectivity index (χ2n) is 17.0. The van der Waals surface area contributed by atoms with E-state index in [1.807, 2.05) is 0 Å². The zero-order valence-corrected chi connectivity index (χ0v) is 31.3. The Morgan fingerprint density at radius 2 is 1.11 bits per heavy atom. The second kappa shape index (κ2) is 11.4. The molecule has 2 aliphatic heterocycles. The third-order valence-electron chi connectivity index (χ3n) is 11.6. The Labute approximate surface area is 312 Å². The Balaban J connectivity index is 1.34. The third-order valence-corrected chi connectivity index (χ3v) is 11.6. The molecule has 10 rings (SSSR count). The van der Waals surface area contributed by atoms with Gasteiger partial charge in [-0.15, -0.1) is 0 Å². The van der Waals surface area contributed by atoms with Crippen molar-refractivity contribution in [3.63, 3.8) is 0 Å². The molecule has 0 saturated heterocycles. The molecule has 0 radical (unpaired) electrons. The molecule has 0 unspecified atom stereocenters. The van der Waals surface area contributed by atoms with Crippen LogP contribution >= 0.6 is 0 Å². The molecule has 0 saturated carbocycles. The molecule has 0 N–H and O–H groups in total. The summed E-state index contributed by atoms with van der Waals surface area (Å²) in [6.45, 7) is 14.0. The topological polar surface area (TPSA) is 14.2 Å². The van der Waals surface area contributed by atoms with Gasteiger partial charge < -0.3 is 9.30 Å². The molecule has 8 aromatic rings. The molecular formula is C50H42BNO. The summed E-state index contributed by atoms with van der Waals surface area (Å²) in [5.41, 5.74) is 17.4. The minimum absolute atomic E-state index is 0.00882. The van der Waals surface area contributed by atoms with E-state index in [0.29, 0.717) is 0 Å². The Bertz CT molecular complexity index is 2760. The molecule has 2 aliphatic rings. The van der Waals surface area contributed by atoms with Crippen molar-refractivity contribution in [2.24, 2.45) is 0 Å². The maximum atomic E-state index is 7.07. The van der Waals surface area contributed by atoms with Crippen molar-refractivity contribution in [3.8, 4) is 50.6 Å². The monoisotopic (exact) mass is 683 g/mol. The van der Waals surface area contributed by atoms with E-state index in [4.69, 9.17) is 4.74 Å². The molecule has 0 aliphatic carbocycles. The SMILES string of the molecule is CC(C)(C)c1ccc2c(c1)c1cc(C(C)(C)C)cc3c1n2-c1cc(-c2ccccc2-c2ccccc2)cc2c1B3c1cc(-c3ccccc3)ccc1O2. The summed E-state index contributed by atoms with van der Waals surface area (Å²) in [5, 5.41) is 2.63. The fourth-order valence-corrected chi connectivity index (χ4v) is 8.75. The Hall–Kier alpha value is -5.80. The van der Waals surface area contributed by atoms with Crippen LogP contribution in [0.15, 0.2) is 146 Å². The van der Waals surface area contributed by atoms with Gasteiger partial charge in [-0.1, -0.05) is 151 Å². The van der Waals surface area contributed by atoms with Crippen LogP contribution in [0, 0.1) is 0 Å². The van der Waals surface area contributed by atoms with Crippen LogP contribution in [0.5, 0.6) is 11.5 Å². The molecule has 53 heavy (non-hydrogen) atoms. The van der Waals surface area contributed by atoms with Crippen LogP contribution in [-0.4, -0.2) is 11.3 Å². The molecule has 1 aromatic heterocycles. The van der Waals surface area contributed by atoms with Gasteiger partial charge in [0.2, 0.25) is 0 Å². The quantitative estimate of drug-likeness (QED) is 0.169. The van der Waals surface area contributed by atoms with Gasteiger partial charge in [0.15, 0.2) is 0 Å². The van der Waals surface area contributed by atoms with E-state index in [2.05, 4.69) is 192 Å². The van der Waals surface area contributed by atoms with Crippen molar-refractivity contribution in [1.29, 1.82) is 0 Å². The summed E-state index contributed by atoms with van der Waals surface area (Å²) < 4.78 is 9.62. The van der Waals surface area contributed by atoms with Gasteiger partial charge in [0, 0.05) is 22.0 Å². The van der Waals surface area contributed by atoms with E-state index in [1.165, 1.54) is 82.8 Å². The number of nitrogens with zero attached hydrogens (tertiary/aromatic N) is 1. The Morgan fingerprint density at radius 3 is 1.81 bits per heavy atom. The molecule has 0 atom stereocenters. The number of fused-ring (bicyclic) bond motifs is 7. The average molecular weight is 684 g/mol. The molecular weight excluding hydrogens is 641 g/mol. The minimum Gasteiger partial charge on any atom is -0.458 e. The third kappa shape index (κ3) is 4.94. The highest BCUT2D eigenvalue weighted by Crippen LogP contribution is 2.43. The summed E-state index contributed by atoms with van der Waals surface area (Å²) >= 11 is 0. The van der Waals surface area contributed by atoms with Crippen molar-refractivity contribution >= 4 is 44.9 Å². The number of benzene rings is 7. The second-order valence-corrected chi connectivity index (χ2v) is 17.0. The van der Waals surface area contributed by atoms with Crippen LogP contribution in [-0.2, 0) is 10.8 Å². The van der Waals surface area contributed by atoms with Crippen LogP contribution < -0.4 is 21.1 Å². The van der Waals surface area contributed by atoms with Gasteiger partial charge in [0.05, 0.1) is 5.52 Å². The number of hydrogen-bond acceptors (Lipinski definition) is 1. The first kappa shape index (κ1) is 31.9. The van der Waals surface area contributed by atoms with E-state index in [1.54, 1.807) is 0 Å². The normalized spacial score (nSPS) is 13.2. The zero-order chi connectivity index (χ0) is 36.2. The lowest BCUT2D eigenvalue weighted by atomic mass is 9.34. The largest absolute Gasteiger partial charge is 0.458 e. The molecule has 3 heterocycles. The predicted octanol–water partition coefficient (Wildman–Crippen LogP) is 11.3. The van der Waals surface area contributed by atoms with Gasteiger partial charge in [0.1, 0.15) is 11.5 Å². The van der Waals surface area contributed by atoms with Crippen molar-refractivity contribution < 1.29 is 4.74 Å². The van der Waals surface area contributed by atoms with Crippen molar-refractivity contribution in [2.75, 3.05) is 0 Å². The summed E-state index contributed by atoms with van der Waals surface area (Å²) in [5.74, 6) is 1.86. The lowest BCUT2D eigenvalue weighted by Gasteiger charge is -2.35. The minimum atomic E-state index is -0.0330. The number of ether oxygens (including phenoxy) is 1. The molecule has 2 nitrogen and oxygen atoms in total. The number of hydrogen-bond donors (Lipinski definition) is 0. The lowest BCUT2D eigenvalue weighted by Crippen LogP contribution is -2.58. The Morgan fingerprint density at radius 1 is 0.472 bits per heavy atom. The van der Waals surface area contributed by atoms with Gasteiger partial charge >= 0.3 is 0 Å². The lowest BCUT2D eigenvalue weighted by molar-refractivity contribution is 0.487. The maximum Gasteiger partial charge on any atom is 0.256 e. The number of aromatic nitrogens is 1. The van der Waals surface area contributed by atoms with Crippen LogP contribution in [0.4, 0.5) is 0 Å². The van der Waals surface area contributed by atoms with E-state index < -0.39 is 0 Å². The van der Waals surface area contributed by atoms with Crippen molar-refractivity contribution in [3.05, 3.63) is 157 Å². The highest BCUT2D eigenvalue weighted by Gasteiger charge is 2.42. The van der Waals surface area contributed by atoms with E-state index >= 15 is 0 Å². The van der Waals surface area contributed by atoms with Gasteiger partial charge in [-0.05, 0) is 108 Å². The summed E-state index contributed by atoms with van der Waals surface area (Å²) in [6, 6.07) is 53.9. The average Bonchev–Trinajstić information content (AvgIpc) is 3.50. The van der Waals surface area contributed by atoms with Crippen LogP contribution in [0.2, 0.25) is 0 Å². The zero-order valence-electron chi connectivity index (χ0n) is 31.3. The summed E-state index contributed by atoms with van der Waals surface area (Å²) in [6.07, 6.45) is 0. The maximum absolute atomic E-state index is 7.07. The molecule has 0 bridgehead atoms. The molecule has 0 fully saturated rings. The first-order valence-corrected chi connectivity index (χ1v) is 18.9. The molecule has 0 amide bonds. The smallest absolute Gasteiger partial charge is 0.256 e. The number of rotatable bonds is 3. The fourth-order valence-electron chi connectivity index (χ4n) is 8.75. The summed E-state index contributed by atoms with van der Waals surface area (Å²) in [7, 11) is 0. The van der Waals surface area contributed by atoms with E-state index in [9.17, 15) is 0 Å². The predicted molar refractivity (Wildman–Crippen MR) is 226 cm³/mol. The first-order valence-electron chi connectivity index (χ1n) is 18.9. The van der Waals surface area contributed by atoms with Crippen molar-refractivity contribution in [1.82, 2.24) is 4.57 Å². The molecule has 7 aromatic carbocycles. The van der Waals surface area contributed by atoms with Crippen LogP contribution in [0.25, 0.3) is 60.9 Å². The van der Waals surface area contributed by atoms with Gasteiger partial charge in [0.25, 0.3) is 6.71 Å². The van der Waals surface area contributed by atoms with Gasteiger partial charge in [-0.25, -0.2) is 0 Å². The molecule has 0 spiro atoms. The van der Waals surface area contributed by atoms with E-state index in [-0.39, 0.29) is 17.5 Å². The standard InChI is InChI=1S/C50H42BNO/c1-49(2,3)35-22-23-43-39(28-35)40-29-36(50(4,5)6)30-42-48(40)52(43)44-26-34(38-20-14-13-19-37(38)32-17-11-8-12-18-32)27-46-47(44)51(42)41-25-33(21-24-45(41)53-46)31-15-9-7-10-16-31/h7-30H,1-6H3.